The van der Waals surface area contributed by atoms with Gasteiger partial charge in [-0.3, -0.25) is 8.98 Å². The Morgan fingerprint density at radius 1 is 1.14 bits per heavy atom. The third-order valence-corrected chi connectivity index (χ3v) is 4.33. The average molecular weight is 341 g/mol. The van der Waals surface area contributed by atoms with E-state index < -0.39 is 10.4 Å². The fraction of sp³-hybridized carbons (Fsp3) is 0.929. The summed E-state index contributed by atoms with van der Waals surface area (Å²) >= 11 is 0. The number of hydrogen-bond donors (Lipinski definition) is 0. The number of nitrogens with zero attached hydrogens (tertiary/aromatic N) is 1. The van der Waals surface area contributed by atoms with Gasteiger partial charge >= 0.3 is 5.97 Å². The van der Waals surface area contributed by atoms with Crippen LogP contribution in [0.4, 0.5) is 0 Å². The van der Waals surface area contributed by atoms with E-state index in [9.17, 15) is 17.8 Å². The smallest absolute Gasteiger partial charge is 0.309 e. The maximum absolute atomic E-state index is 11.6. The monoisotopic (exact) mass is 341 g/mol. The second kappa shape index (κ2) is 11.8. The van der Waals surface area contributed by atoms with E-state index in [4.69, 9.17) is 4.74 Å². The van der Waals surface area contributed by atoms with Gasteiger partial charge in [-0.05, 0) is 26.7 Å². The number of ether oxygens (including phenoxy) is 1. The largest absolute Gasteiger partial charge is 0.726 e. The first-order chi connectivity index (χ1) is 10.1. The second-order valence-electron chi connectivity index (χ2n) is 5.23. The minimum Gasteiger partial charge on any atom is -0.726 e. The van der Waals surface area contributed by atoms with Crippen LogP contribution in [0.15, 0.2) is 0 Å². The molecule has 8 heteroatoms. The van der Waals surface area contributed by atoms with Gasteiger partial charge in [-0.25, -0.2) is 8.42 Å². The molecular formula is C14H31NO6S. The van der Waals surface area contributed by atoms with E-state index in [1.165, 1.54) is 0 Å². The SMILES string of the molecule is CCC(CC)C(=O)OCC[N+](C)(CC)CC.COS(=O)(=O)[O-]. The van der Waals surface area contributed by atoms with Crippen LogP contribution < -0.4 is 0 Å². The molecule has 0 bridgehead atoms. The first kappa shape index (κ1) is 23.6. The first-order valence-corrected chi connectivity index (χ1v) is 8.93. The van der Waals surface area contributed by atoms with E-state index in [0.29, 0.717) is 6.61 Å². The summed E-state index contributed by atoms with van der Waals surface area (Å²) in [7, 11) is -1.40. The molecule has 0 unspecified atom stereocenters. The molecule has 0 radical (unpaired) electrons. The Balaban J connectivity index is 0. The highest BCUT2D eigenvalue weighted by molar-refractivity contribution is 7.80. The summed E-state index contributed by atoms with van der Waals surface area (Å²) in [5.41, 5.74) is 0. The molecule has 0 N–H and O–H groups in total. The maximum atomic E-state index is 11.6. The lowest BCUT2D eigenvalue weighted by Gasteiger charge is -2.31. The van der Waals surface area contributed by atoms with Crippen molar-refractivity contribution in [1.29, 1.82) is 0 Å². The van der Waals surface area contributed by atoms with Crippen LogP contribution in [0.3, 0.4) is 0 Å². The molecule has 0 aromatic rings. The highest BCUT2D eigenvalue weighted by atomic mass is 32.3. The normalized spacial score (nSPS) is 11.8. The summed E-state index contributed by atoms with van der Waals surface area (Å²) in [5.74, 6) is 0.0609. The van der Waals surface area contributed by atoms with Gasteiger partial charge in [-0.15, -0.1) is 0 Å². The Morgan fingerprint density at radius 3 is 1.82 bits per heavy atom. The fourth-order valence-electron chi connectivity index (χ4n) is 1.65. The van der Waals surface area contributed by atoms with Crippen molar-refractivity contribution in [3.05, 3.63) is 0 Å². The predicted molar refractivity (Wildman–Crippen MR) is 83.9 cm³/mol. The van der Waals surface area contributed by atoms with Crippen LogP contribution in [0.5, 0.6) is 0 Å². The van der Waals surface area contributed by atoms with E-state index in [-0.39, 0.29) is 11.9 Å². The molecule has 0 aliphatic rings. The summed E-state index contributed by atoms with van der Waals surface area (Å²) in [4.78, 5) is 11.6. The lowest BCUT2D eigenvalue weighted by molar-refractivity contribution is -0.906. The third-order valence-electron chi connectivity index (χ3n) is 3.93. The molecular weight excluding hydrogens is 310 g/mol. The van der Waals surface area contributed by atoms with Crippen LogP contribution in [-0.4, -0.2) is 63.8 Å². The van der Waals surface area contributed by atoms with Crippen LogP contribution in [0.1, 0.15) is 40.5 Å². The highest BCUT2D eigenvalue weighted by Crippen LogP contribution is 2.10. The van der Waals surface area contributed by atoms with Crippen molar-refractivity contribution in [3.8, 4) is 0 Å². The van der Waals surface area contributed by atoms with Gasteiger partial charge in [0.1, 0.15) is 13.2 Å². The lowest BCUT2D eigenvalue weighted by Crippen LogP contribution is -2.46. The fourth-order valence-corrected chi connectivity index (χ4v) is 1.65. The van der Waals surface area contributed by atoms with Crippen molar-refractivity contribution in [1.82, 2.24) is 0 Å². The maximum Gasteiger partial charge on any atom is 0.309 e. The Morgan fingerprint density at radius 2 is 1.55 bits per heavy atom. The zero-order valence-corrected chi connectivity index (χ0v) is 15.4. The summed E-state index contributed by atoms with van der Waals surface area (Å²) in [5, 5.41) is 0. The molecule has 0 fully saturated rings. The van der Waals surface area contributed by atoms with Crippen molar-refractivity contribution in [2.24, 2.45) is 5.92 Å². The zero-order valence-electron chi connectivity index (χ0n) is 14.6. The summed E-state index contributed by atoms with van der Waals surface area (Å²) in [6.07, 6.45) is 1.76. The molecule has 134 valence electrons. The van der Waals surface area contributed by atoms with Crippen molar-refractivity contribution in [3.63, 3.8) is 0 Å². The van der Waals surface area contributed by atoms with Gasteiger partial charge in [0.15, 0.2) is 0 Å². The molecule has 0 aliphatic heterocycles. The van der Waals surface area contributed by atoms with Gasteiger partial charge in [0.2, 0.25) is 10.4 Å². The Labute approximate surface area is 135 Å². The van der Waals surface area contributed by atoms with E-state index in [0.717, 1.165) is 44.1 Å². The number of hydrogen-bond acceptors (Lipinski definition) is 6. The summed E-state index contributed by atoms with van der Waals surface area (Å²) in [6.45, 7) is 12.0. The van der Waals surface area contributed by atoms with E-state index in [1.807, 2.05) is 13.8 Å². The van der Waals surface area contributed by atoms with Crippen molar-refractivity contribution in [2.75, 3.05) is 40.4 Å². The van der Waals surface area contributed by atoms with Crippen LogP contribution in [-0.2, 0) is 24.1 Å². The molecule has 22 heavy (non-hydrogen) atoms. The standard InChI is InChI=1S/C13H28NO2.CH4O4S/c1-6-12(7-2)13(15)16-11-10-14(5,8-3)9-4;1-5-6(2,3)4/h12H,6-11H2,1-5H3;1H3,(H,2,3,4)/q+1;/p-1. The van der Waals surface area contributed by atoms with Gasteiger partial charge in [0, 0.05) is 0 Å². The third kappa shape index (κ3) is 11.9. The number of likely N-dealkylation sites (N-methyl/N-ethyl adjacent to an activating group) is 1. The molecule has 7 nitrogen and oxygen atoms in total. The van der Waals surface area contributed by atoms with Gasteiger partial charge < -0.3 is 13.8 Å². The van der Waals surface area contributed by atoms with Gasteiger partial charge in [-0.1, -0.05) is 13.8 Å². The molecule has 0 atom stereocenters. The molecule has 0 aliphatic carbocycles. The Kier molecular flexibility index (Phi) is 12.7. The van der Waals surface area contributed by atoms with Crippen molar-refractivity contribution >= 4 is 16.4 Å². The van der Waals surface area contributed by atoms with E-state index >= 15 is 0 Å². The van der Waals surface area contributed by atoms with Crippen molar-refractivity contribution in [2.45, 2.75) is 40.5 Å². The zero-order chi connectivity index (χ0) is 17.8. The quantitative estimate of drug-likeness (QED) is 0.273. The van der Waals surface area contributed by atoms with E-state index in [2.05, 4.69) is 25.1 Å². The lowest BCUT2D eigenvalue weighted by atomic mass is 10.0. The number of esters is 1. The molecule has 0 saturated carbocycles. The van der Waals surface area contributed by atoms with E-state index in [1.54, 1.807) is 0 Å². The minimum atomic E-state index is -4.41. The topological polar surface area (TPSA) is 92.7 Å². The van der Waals surface area contributed by atoms with Crippen LogP contribution >= 0.6 is 0 Å². The molecule has 0 saturated heterocycles. The number of rotatable bonds is 9. The molecule has 0 amide bonds. The van der Waals surface area contributed by atoms with Crippen LogP contribution in [0.2, 0.25) is 0 Å². The minimum absolute atomic E-state index is 0.0243. The van der Waals surface area contributed by atoms with Gasteiger partial charge in [0.25, 0.3) is 0 Å². The van der Waals surface area contributed by atoms with Crippen molar-refractivity contribution < 1.29 is 31.2 Å². The number of quaternary nitrogens is 1. The Hall–Kier alpha value is -0.700. The first-order valence-electron chi connectivity index (χ1n) is 7.60. The predicted octanol–water partition coefficient (Wildman–Crippen LogP) is 1.55. The summed E-state index contributed by atoms with van der Waals surface area (Å²) in [6, 6.07) is 0. The summed E-state index contributed by atoms with van der Waals surface area (Å²) < 4.78 is 37.3. The van der Waals surface area contributed by atoms with Gasteiger partial charge in [-0.2, -0.15) is 0 Å². The van der Waals surface area contributed by atoms with Gasteiger partial charge in [0.05, 0.1) is 33.2 Å². The number of carbonyl (C=O) groups excluding carboxylic acids is 1. The Bertz CT molecular complexity index is 388. The molecule has 0 heterocycles. The second-order valence-corrected chi connectivity index (χ2v) is 6.38. The molecule has 0 aromatic carbocycles. The molecule has 0 aromatic heterocycles. The van der Waals surface area contributed by atoms with Crippen LogP contribution in [0, 0.1) is 5.92 Å². The highest BCUT2D eigenvalue weighted by Gasteiger charge is 2.19. The molecule has 0 rings (SSSR count). The van der Waals surface area contributed by atoms with Crippen LogP contribution in [0.25, 0.3) is 0 Å². The molecule has 0 spiro atoms. The average Bonchev–Trinajstić information content (AvgIpc) is 2.48. The number of carbonyl (C=O) groups is 1.